The van der Waals surface area contributed by atoms with Crippen LogP contribution in [0.5, 0.6) is 0 Å². The van der Waals surface area contributed by atoms with E-state index in [-0.39, 0.29) is 11.7 Å². The number of carbonyl (C=O) groups is 2. The van der Waals surface area contributed by atoms with Crippen LogP contribution in [0.1, 0.15) is 32.6 Å². The third-order valence-electron chi connectivity index (χ3n) is 2.82. The SMILES string of the molecule is C=C1C(=O)O[C@@H](CCCCC)[C@H]1C(=O)OC. The van der Waals surface area contributed by atoms with Crippen molar-refractivity contribution < 1.29 is 19.1 Å². The number of hydrogen-bond acceptors (Lipinski definition) is 4. The van der Waals surface area contributed by atoms with E-state index in [9.17, 15) is 9.59 Å². The van der Waals surface area contributed by atoms with Crippen LogP contribution in [0.15, 0.2) is 12.2 Å². The molecule has 1 fully saturated rings. The predicted octanol–water partition coefficient (Wildman–Crippen LogP) is 1.84. The second kappa shape index (κ2) is 5.68. The zero-order valence-corrected chi connectivity index (χ0v) is 9.82. The van der Waals surface area contributed by atoms with Crippen molar-refractivity contribution in [2.24, 2.45) is 5.92 Å². The third kappa shape index (κ3) is 2.62. The Hall–Kier alpha value is -1.32. The lowest BCUT2D eigenvalue weighted by Crippen LogP contribution is -2.26. The minimum absolute atomic E-state index is 0.216. The topological polar surface area (TPSA) is 52.6 Å². The molecule has 90 valence electrons. The second-order valence-electron chi connectivity index (χ2n) is 3.97. The maximum absolute atomic E-state index is 11.5. The summed E-state index contributed by atoms with van der Waals surface area (Å²) in [6.45, 7) is 5.68. The average Bonchev–Trinajstić information content (AvgIpc) is 2.55. The van der Waals surface area contributed by atoms with Crippen LogP contribution >= 0.6 is 0 Å². The molecule has 1 saturated heterocycles. The number of cyclic esters (lactones) is 1. The minimum Gasteiger partial charge on any atom is -0.468 e. The van der Waals surface area contributed by atoms with Gasteiger partial charge in [0.15, 0.2) is 0 Å². The van der Waals surface area contributed by atoms with Crippen LogP contribution < -0.4 is 0 Å². The predicted molar refractivity (Wildman–Crippen MR) is 58.7 cm³/mol. The summed E-state index contributed by atoms with van der Waals surface area (Å²) >= 11 is 0. The van der Waals surface area contributed by atoms with E-state index in [2.05, 4.69) is 18.2 Å². The molecule has 1 rings (SSSR count). The van der Waals surface area contributed by atoms with E-state index in [1.165, 1.54) is 7.11 Å². The molecule has 0 bridgehead atoms. The lowest BCUT2D eigenvalue weighted by molar-refractivity contribution is -0.147. The van der Waals surface area contributed by atoms with Crippen molar-refractivity contribution in [1.29, 1.82) is 0 Å². The Morgan fingerprint density at radius 3 is 2.75 bits per heavy atom. The van der Waals surface area contributed by atoms with Crippen molar-refractivity contribution >= 4 is 11.9 Å². The first-order chi connectivity index (χ1) is 7.61. The first-order valence-electron chi connectivity index (χ1n) is 5.59. The molecule has 1 heterocycles. The summed E-state index contributed by atoms with van der Waals surface area (Å²) in [5.41, 5.74) is 0.216. The Bertz CT molecular complexity index is 295. The first-order valence-corrected chi connectivity index (χ1v) is 5.59. The van der Waals surface area contributed by atoms with Gasteiger partial charge in [0.2, 0.25) is 0 Å². The van der Waals surface area contributed by atoms with Crippen LogP contribution in [-0.2, 0) is 19.1 Å². The van der Waals surface area contributed by atoms with E-state index in [0.717, 1.165) is 19.3 Å². The highest BCUT2D eigenvalue weighted by Gasteiger charge is 2.43. The van der Waals surface area contributed by atoms with Crippen LogP contribution in [-0.4, -0.2) is 25.2 Å². The van der Waals surface area contributed by atoms with E-state index in [1.54, 1.807) is 0 Å². The fourth-order valence-corrected chi connectivity index (χ4v) is 1.87. The largest absolute Gasteiger partial charge is 0.468 e. The van der Waals surface area contributed by atoms with Crippen LogP contribution in [0.4, 0.5) is 0 Å². The van der Waals surface area contributed by atoms with Gasteiger partial charge in [-0.05, 0) is 12.8 Å². The second-order valence-corrected chi connectivity index (χ2v) is 3.97. The monoisotopic (exact) mass is 226 g/mol. The van der Waals surface area contributed by atoms with E-state index in [1.807, 2.05) is 0 Å². The van der Waals surface area contributed by atoms with Crippen LogP contribution in [0.25, 0.3) is 0 Å². The van der Waals surface area contributed by atoms with E-state index in [0.29, 0.717) is 6.42 Å². The highest BCUT2D eigenvalue weighted by Crippen LogP contribution is 2.30. The molecule has 0 N–H and O–H groups in total. The molecule has 0 aromatic heterocycles. The fraction of sp³-hybridized carbons (Fsp3) is 0.667. The smallest absolute Gasteiger partial charge is 0.334 e. The Morgan fingerprint density at radius 1 is 1.50 bits per heavy atom. The van der Waals surface area contributed by atoms with Gasteiger partial charge in [-0.25, -0.2) is 4.79 Å². The normalized spacial score (nSPS) is 24.4. The maximum Gasteiger partial charge on any atom is 0.334 e. The molecule has 0 radical (unpaired) electrons. The molecule has 1 aliphatic heterocycles. The number of carbonyl (C=O) groups excluding carboxylic acids is 2. The molecule has 2 atom stereocenters. The van der Waals surface area contributed by atoms with Gasteiger partial charge in [-0.2, -0.15) is 0 Å². The molecule has 0 spiro atoms. The summed E-state index contributed by atoms with van der Waals surface area (Å²) in [7, 11) is 1.31. The Balaban J connectivity index is 2.63. The minimum atomic E-state index is -0.616. The molecule has 0 aliphatic carbocycles. The van der Waals surface area contributed by atoms with E-state index >= 15 is 0 Å². The van der Waals surface area contributed by atoms with Crippen molar-refractivity contribution in [3.8, 4) is 0 Å². The van der Waals surface area contributed by atoms with Crippen molar-refractivity contribution in [3.63, 3.8) is 0 Å². The summed E-state index contributed by atoms with van der Waals surface area (Å²) in [5, 5.41) is 0. The van der Waals surface area contributed by atoms with Gasteiger partial charge < -0.3 is 9.47 Å². The zero-order valence-electron chi connectivity index (χ0n) is 9.82. The molecule has 0 aromatic rings. The van der Waals surface area contributed by atoms with Crippen molar-refractivity contribution in [2.75, 3.05) is 7.11 Å². The molecule has 1 aliphatic rings. The number of esters is 2. The summed E-state index contributed by atoms with van der Waals surface area (Å²) in [6, 6.07) is 0. The zero-order chi connectivity index (χ0) is 12.1. The number of rotatable bonds is 5. The molecule has 0 saturated carbocycles. The number of unbranched alkanes of at least 4 members (excludes halogenated alkanes) is 2. The molecule has 0 aromatic carbocycles. The van der Waals surface area contributed by atoms with Crippen molar-refractivity contribution in [2.45, 2.75) is 38.7 Å². The van der Waals surface area contributed by atoms with E-state index in [4.69, 9.17) is 4.74 Å². The lowest BCUT2D eigenvalue weighted by atomic mass is 9.94. The average molecular weight is 226 g/mol. The number of ether oxygens (including phenoxy) is 2. The van der Waals surface area contributed by atoms with Gasteiger partial charge in [-0.3, -0.25) is 4.79 Å². The fourth-order valence-electron chi connectivity index (χ4n) is 1.87. The molecule has 4 heteroatoms. The van der Waals surface area contributed by atoms with Gasteiger partial charge in [-0.15, -0.1) is 0 Å². The molecule has 0 amide bonds. The number of hydrogen-bond donors (Lipinski definition) is 0. The third-order valence-corrected chi connectivity index (χ3v) is 2.82. The molecule has 0 unspecified atom stereocenters. The summed E-state index contributed by atoms with van der Waals surface area (Å²) in [4.78, 5) is 22.8. The van der Waals surface area contributed by atoms with Gasteiger partial charge in [0.05, 0.1) is 7.11 Å². The standard InChI is InChI=1S/C12H18O4/c1-4-5-6-7-9-10(12(14)15-3)8(2)11(13)16-9/h9-10H,2,4-7H2,1,3H3/t9-,10-/m0/s1. The Labute approximate surface area is 95.6 Å². The quantitative estimate of drug-likeness (QED) is 0.408. The van der Waals surface area contributed by atoms with Crippen LogP contribution in [0.2, 0.25) is 0 Å². The van der Waals surface area contributed by atoms with Crippen LogP contribution in [0, 0.1) is 5.92 Å². The van der Waals surface area contributed by atoms with E-state index < -0.39 is 17.9 Å². The van der Waals surface area contributed by atoms with Gasteiger partial charge in [0.1, 0.15) is 12.0 Å². The van der Waals surface area contributed by atoms with Gasteiger partial charge in [-0.1, -0.05) is 26.3 Å². The Kier molecular flexibility index (Phi) is 4.52. The highest BCUT2D eigenvalue weighted by molar-refractivity contribution is 5.98. The molecule has 4 nitrogen and oxygen atoms in total. The first kappa shape index (κ1) is 12.7. The van der Waals surface area contributed by atoms with Gasteiger partial charge in [0, 0.05) is 5.57 Å². The van der Waals surface area contributed by atoms with Crippen LogP contribution in [0.3, 0.4) is 0 Å². The summed E-state index contributed by atoms with van der Waals surface area (Å²) < 4.78 is 9.77. The van der Waals surface area contributed by atoms with Gasteiger partial charge >= 0.3 is 11.9 Å². The lowest BCUT2D eigenvalue weighted by Gasteiger charge is -2.15. The molecule has 16 heavy (non-hydrogen) atoms. The summed E-state index contributed by atoms with van der Waals surface area (Å²) in [5.74, 6) is -1.52. The number of methoxy groups -OCH3 is 1. The van der Waals surface area contributed by atoms with Crippen molar-refractivity contribution in [1.82, 2.24) is 0 Å². The Morgan fingerprint density at radius 2 is 2.19 bits per heavy atom. The van der Waals surface area contributed by atoms with Crippen molar-refractivity contribution in [3.05, 3.63) is 12.2 Å². The molecular weight excluding hydrogens is 208 g/mol. The highest BCUT2D eigenvalue weighted by atomic mass is 16.6. The molecular formula is C12H18O4. The maximum atomic E-state index is 11.5. The summed E-state index contributed by atoms with van der Waals surface area (Å²) in [6.07, 6.45) is 3.39. The van der Waals surface area contributed by atoms with Gasteiger partial charge in [0.25, 0.3) is 0 Å².